The lowest BCUT2D eigenvalue weighted by molar-refractivity contribution is -0.109. The Morgan fingerprint density at radius 3 is 2.63 bits per heavy atom. The first-order valence-corrected chi connectivity index (χ1v) is 7.72. The fraction of sp³-hybridized carbons (Fsp3) is 0.722. The van der Waals surface area contributed by atoms with Gasteiger partial charge in [-0.3, -0.25) is 0 Å². The Morgan fingerprint density at radius 2 is 2.11 bits per heavy atom. The molecule has 0 aromatic heterocycles. The van der Waals surface area contributed by atoms with E-state index in [1.807, 2.05) is 6.08 Å². The third-order valence-electron chi connectivity index (χ3n) is 4.81. The molecule has 108 valence electrons. The number of allylic oxidation sites excluding steroid dienone is 3. The number of hydrogen-bond acceptors (Lipinski definition) is 1. The zero-order valence-corrected chi connectivity index (χ0v) is 13.1. The summed E-state index contributed by atoms with van der Waals surface area (Å²) in [4.78, 5) is 11.1. The highest BCUT2D eigenvalue weighted by Crippen LogP contribution is 2.43. The van der Waals surface area contributed by atoms with Gasteiger partial charge >= 0.3 is 0 Å². The van der Waals surface area contributed by atoms with Crippen molar-refractivity contribution in [2.45, 2.75) is 53.4 Å². The molecule has 1 rings (SSSR count). The van der Waals surface area contributed by atoms with E-state index >= 15 is 0 Å². The standard InChI is InChI=1S/C18H30O/c1-6-7-14(4)12-18-15(5)8-9-16(13(2)3)17(18)10-11-19/h6,8,11,13-14,16-18H,1,7,9-10,12H2,2-5H3/t14?,16-,17-,18+/m1/s1. The Hall–Kier alpha value is -0.850. The van der Waals surface area contributed by atoms with Gasteiger partial charge in [0.1, 0.15) is 6.29 Å². The molecule has 0 bridgehead atoms. The van der Waals surface area contributed by atoms with Crippen molar-refractivity contribution in [1.82, 2.24) is 0 Å². The van der Waals surface area contributed by atoms with Gasteiger partial charge in [0, 0.05) is 6.42 Å². The number of rotatable bonds is 7. The molecule has 1 aliphatic carbocycles. The van der Waals surface area contributed by atoms with E-state index in [4.69, 9.17) is 0 Å². The third-order valence-corrected chi connectivity index (χ3v) is 4.81. The molecule has 1 heteroatoms. The molecule has 1 unspecified atom stereocenters. The highest BCUT2D eigenvalue weighted by Gasteiger charge is 2.34. The molecule has 1 nitrogen and oxygen atoms in total. The molecule has 0 amide bonds. The Bertz CT molecular complexity index is 327. The molecule has 0 aromatic rings. The van der Waals surface area contributed by atoms with E-state index < -0.39 is 0 Å². The second-order valence-corrected chi connectivity index (χ2v) is 6.63. The summed E-state index contributed by atoms with van der Waals surface area (Å²) in [6.07, 6.45) is 9.69. The number of hydrogen-bond donors (Lipinski definition) is 0. The van der Waals surface area contributed by atoms with Crippen LogP contribution in [0.25, 0.3) is 0 Å². The summed E-state index contributed by atoms with van der Waals surface area (Å²) in [5.41, 5.74) is 1.50. The van der Waals surface area contributed by atoms with Crippen LogP contribution in [0.3, 0.4) is 0 Å². The molecular weight excluding hydrogens is 232 g/mol. The molecule has 0 fully saturated rings. The molecule has 1 aliphatic rings. The number of carbonyl (C=O) groups is 1. The van der Waals surface area contributed by atoms with E-state index in [1.54, 1.807) is 0 Å². The van der Waals surface area contributed by atoms with Gasteiger partial charge in [-0.2, -0.15) is 0 Å². The first-order chi connectivity index (χ1) is 9.01. The molecule has 0 saturated heterocycles. The average molecular weight is 262 g/mol. The lowest BCUT2D eigenvalue weighted by Crippen LogP contribution is -2.32. The maximum atomic E-state index is 11.1. The minimum absolute atomic E-state index is 0.537. The van der Waals surface area contributed by atoms with Crippen molar-refractivity contribution in [1.29, 1.82) is 0 Å². The minimum Gasteiger partial charge on any atom is -0.303 e. The van der Waals surface area contributed by atoms with E-state index in [2.05, 4.69) is 40.3 Å². The second kappa shape index (κ2) is 7.67. The third kappa shape index (κ3) is 4.33. The highest BCUT2D eigenvalue weighted by molar-refractivity contribution is 5.50. The van der Waals surface area contributed by atoms with Crippen LogP contribution in [0.2, 0.25) is 0 Å². The van der Waals surface area contributed by atoms with Crippen LogP contribution >= 0.6 is 0 Å². The number of aldehydes is 1. The fourth-order valence-corrected chi connectivity index (χ4v) is 3.68. The molecular formula is C18H30O. The molecule has 4 atom stereocenters. The zero-order chi connectivity index (χ0) is 14.4. The van der Waals surface area contributed by atoms with Gasteiger partial charge in [0.05, 0.1) is 0 Å². The van der Waals surface area contributed by atoms with Gasteiger partial charge in [-0.15, -0.1) is 6.58 Å². The quantitative estimate of drug-likeness (QED) is 0.464. The minimum atomic E-state index is 0.537. The normalized spacial score (nSPS) is 28.9. The average Bonchev–Trinajstić information content (AvgIpc) is 2.34. The molecule has 0 aromatic carbocycles. The number of carbonyl (C=O) groups excluding carboxylic acids is 1. The maximum absolute atomic E-state index is 11.1. The fourth-order valence-electron chi connectivity index (χ4n) is 3.68. The first kappa shape index (κ1) is 16.2. The Morgan fingerprint density at radius 1 is 1.42 bits per heavy atom. The molecule has 0 radical (unpaired) electrons. The molecule has 19 heavy (non-hydrogen) atoms. The monoisotopic (exact) mass is 262 g/mol. The predicted molar refractivity (Wildman–Crippen MR) is 83.0 cm³/mol. The summed E-state index contributed by atoms with van der Waals surface area (Å²) in [7, 11) is 0. The van der Waals surface area contributed by atoms with Crippen LogP contribution in [0.4, 0.5) is 0 Å². The van der Waals surface area contributed by atoms with Crippen molar-refractivity contribution < 1.29 is 4.79 Å². The van der Waals surface area contributed by atoms with Gasteiger partial charge < -0.3 is 4.79 Å². The largest absolute Gasteiger partial charge is 0.303 e. The van der Waals surface area contributed by atoms with Gasteiger partial charge in [-0.05, 0) is 55.8 Å². The van der Waals surface area contributed by atoms with Gasteiger partial charge in [-0.1, -0.05) is 38.5 Å². The van der Waals surface area contributed by atoms with Crippen LogP contribution in [-0.4, -0.2) is 6.29 Å². The van der Waals surface area contributed by atoms with Gasteiger partial charge in [0.25, 0.3) is 0 Å². The first-order valence-electron chi connectivity index (χ1n) is 7.72. The summed E-state index contributed by atoms with van der Waals surface area (Å²) < 4.78 is 0. The zero-order valence-electron chi connectivity index (χ0n) is 13.1. The lowest BCUT2D eigenvalue weighted by Gasteiger charge is -2.40. The molecule has 0 heterocycles. The summed E-state index contributed by atoms with van der Waals surface area (Å²) in [5.74, 6) is 3.10. The summed E-state index contributed by atoms with van der Waals surface area (Å²) in [6, 6.07) is 0. The van der Waals surface area contributed by atoms with E-state index in [-0.39, 0.29) is 0 Å². The molecule has 0 saturated carbocycles. The smallest absolute Gasteiger partial charge is 0.120 e. The highest BCUT2D eigenvalue weighted by atomic mass is 16.1. The SMILES string of the molecule is C=CCC(C)C[C@H]1C(C)=CC[C@H](C(C)C)[C@H]1CC=O. The van der Waals surface area contributed by atoms with Gasteiger partial charge in [0.15, 0.2) is 0 Å². The van der Waals surface area contributed by atoms with Crippen LogP contribution in [0.15, 0.2) is 24.3 Å². The van der Waals surface area contributed by atoms with Crippen LogP contribution in [0.1, 0.15) is 53.4 Å². The Labute approximate surface area is 119 Å². The van der Waals surface area contributed by atoms with Gasteiger partial charge in [0.2, 0.25) is 0 Å². The Kier molecular flexibility index (Phi) is 6.54. The topological polar surface area (TPSA) is 17.1 Å². The van der Waals surface area contributed by atoms with Gasteiger partial charge in [-0.25, -0.2) is 0 Å². The molecule has 0 spiro atoms. The van der Waals surface area contributed by atoms with Crippen LogP contribution < -0.4 is 0 Å². The van der Waals surface area contributed by atoms with E-state index in [0.29, 0.717) is 29.6 Å². The molecule has 0 N–H and O–H groups in total. The second-order valence-electron chi connectivity index (χ2n) is 6.63. The van der Waals surface area contributed by atoms with Crippen LogP contribution in [0, 0.1) is 29.6 Å². The van der Waals surface area contributed by atoms with Crippen LogP contribution in [0.5, 0.6) is 0 Å². The van der Waals surface area contributed by atoms with Crippen LogP contribution in [-0.2, 0) is 4.79 Å². The van der Waals surface area contributed by atoms with E-state index in [1.165, 1.54) is 12.0 Å². The van der Waals surface area contributed by atoms with Crippen molar-refractivity contribution >= 4 is 6.29 Å². The van der Waals surface area contributed by atoms with Crippen molar-refractivity contribution in [3.63, 3.8) is 0 Å². The van der Waals surface area contributed by atoms with Crippen molar-refractivity contribution in [2.75, 3.05) is 0 Å². The summed E-state index contributed by atoms with van der Waals surface area (Å²) in [5, 5.41) is 0. The maximum Gasteiger partial charge on any atom is 0.120 e. The van der Waals surface area contributed by atoms with Crippen molar-refractivity contribution in [3.8, 4) is 0 Å². The van der Waals surface area contributed by atoms with Crippen molar-refractivity contribution in [3.05, 3.63) is 24.3 Å². The van der Waals surface area contributed by atoms with Crippen molar-refractivity contribution in [2.24, 2.45) is 29.6 Å². The Balaban J connectivity index is 2.87. The lowest BCUT2D eigenvalue weighted by atomic mass is 9.65. The van der Waals surface area contributed by atoms with E-state index in [0.717, 1.165) is 25.5 Å². The summed E-state index contributed by atoms with van der Waals surface area (Å²) >= 11 is 0. The predicted octanol–water partition coefficient (Wildman–Crippen LogP) is 5.03. The summed E-state index contributed by atoms with van der Waals surface area (Å²) in [6.45, 7) is 13.0. The molecule has 0 aliphatic heterocycles. The van der Waals surface area contributed by atoms with E-state index in [9.17, 15) is 4.79 Å².